The van der Waals surface area contributed by atoms with Gasteiger partial charge in [-0.25, -0.2) is 26.3 Å². The summed E-state index contributed by atoms with van der Waals surface area (Å²) < 4.78 is 105. The fraction of sp³-hybridized carbons (Fsp3) is 0.167. The number of hydrogen-bond acceptors (Lipinski definition) is 0. The van der Waals surface area contributed by atoms with Crippen molar-refractivity contribution in [2.45, 2.75) is 12.3 Å². The molecule has 2 aliphatic rings. The predicted octanol–water partition coefficient (Wildman–Crippen LogP) is 5.34. The molecule has 0 nitrogen and oxygen atoms in total. The van der Waals surface area contributed by atoms with E-state index in [4.69, 9.17) is 0 Å². The van der Waals surface area contributed by atoms with Gasteiger partial charge in [-0.1, -0.05) is 12.2 Å². The lowest BCUT2D eigenvalue weighted by Gasteiger charge is -2.21. The number of halogens is 8. The van der Waals surface area contributed by atoms with E-state index in [1.54, 1.807) is 0 Å². The maximum absolute atomic E-state index is 13.4. The van der Waals surface area contributed by atoms with Gasteiger partial charge in [-0.15, -0.1) is 0 Å². The highest BCUT2D eigenvalue weighted by molar-refractivity contribution is 5.60. The van der Waals surface area contributed by atoms with Crippen LogP contribution >= 0.6 is 0 Å². The fourth-order valence-corrected chi connectivity index (χ4v) is 1.71. The number of alkyl halides is 2. The average molecular weight is 300 g/mol. The Morgan fingerprint density at radius 3 is 1.80 bits per heavy atom. The minimum absolute atomic E-state index is 0.527. The molecule has 2 aliphatic carbocycles. The predicted molar refractivity (Wildman–Crippen MR) is 53.5 cm³/mol. The number of rotatable bonds is 0. The molecule has 0 radical (unpaired) electrons. The van der Waals surface area contributed by atoms with Crippen LogP contribution in [0.5, 0.6) is 0 Å². The van der Waals surface area contributed by atoms with Crippen LogP contribution < -0.4 is 0 Å². The Labute approximate surface area is 107 Å². The third-order valence-electron chi connectivity index (χ3n) is 2.70. The lowest BCUT2D eigenvalue weighted by atomic mass is 9.94. The smallest absolute Gasteiger partial charge is 0.208 e. The van der Waals surface area contributed by atoms with Crippen LogP contribution in [0, 0.1) is 0 Å². The molecule has 0 atom stereocenters. The van der Waals surface area contributed by atoms with Gasteiger partial charge in [0.25, 0.3) is 0 Å². The van der Waals surface area contributed by atoms with Crippen LogP contribution in [0.15, 0.2) is 58.3 Å². The zero-order chi connectivity index (χ0) is 15.2. The van der Waals surface area contributed by atoms with E-state index < -0.39 is 58.5 Å². The highest BCUT2D eigenvalue weighted by atomic mass is 19.3. The van der Waals surface area contributed by atoms with E-state index >= 15 is 0 Å². The van der Waals surface area contributed by atoms with Gasteiger partial charge in [0.2, 0.25) is 11.7 Å². The van der Waals surface area contributed by atoms with E-state index in [0.29, 0.717) is 6.08 Å². The normalized spacial score (nSPS) is 23.2. The van der Waals surface area contributed by atoms with Crippen molar-refractivity contribution in [2.24, 2.45) is 0 Å². The van der Waals surface area contributed by atoms with Gasteiger partial charge >= 0.3 is 5.92 Å². The summed E-state index contributed by atoms with van der Waals surface area (Å²) in [5.41, 5.74) is -2.89. The van der Waals surface area contributed by atoms with Crippen molar-refractivity contribution in [3.8, 4) is 0 Å². The SMILES string of the molecule is FC1=C(F)C(=C2C(F)=C(F)C(F)(F)C(F)=C2F)C=CC1. The van der Waals surface area contributed by atoms with E-state index in [1.165, 1.54) is 0 Å². The third kappa shape index (κ3) is 1.90. The average Bonchev–Trinajstić information content (AvgIpc) is 2.40. The molecule has 0 fully saturated rings. The first-order valence-corrected chi connectivity index (χ1v) is 5.15. The zero-order valence-electron chi connectivity index (χ0n) is 9.39. The second-order valence-electron chi connectivity index (χ2n) is 3.94. The van der Waals surface area contributed by atoms with E-state index in [1.807, 2.05) is 0 Å². The van der Waals surface area contributed by atoms with Crippen LogP contribution in [0.3, 0.4) is 0 Å². The summed E-state index contributed by atoms with van der Waals surface area (Å²) in [5.74, 6) is -19.1. The Kier molecular flexibility index (Phi) is 3.35. The minimum Gasteiger partial charge on any atom is -0.208 e. The first-order chi connectivity index (χ1) is 9.19. The maximum Gasteiger partial charge on any atom is 0.355 e. The molecule has 0 N–H and O–H groups in total. The monoisotopic (exact) mass is 300 g/mol. The Balaban J connectivity index is 2.79. The first kappa shape index (κ1) is 14.5. The van der Waals surface area contributed by atoms with Crippen LogP contribution in [0.4, 0.5) is 35.1 Å². The van der Waals surface area contributed by atoms with Gasteiger partial charge in [-0.05, 0) is 0 Å². The van der Waals surface area contributed by atoms with Crippen molar-refractivity contribution < 1.29 is 35.1 Å². The fourth-order valence-electron chi connectivity index (χ4n) is 1.71. The molecule has 2 rings (SSSR count). The van der Waals surface area contributed by atoms with Crippen LogP contribution in [0.1, 0.15) is 6.42 Å². The Hall–Kier alpha value is -1.86. The molecule has 0 heterocycles. The standard InChI is InChI=1S/C12H4F8/c13-5-3-1-2-4(7(5)14)6-8(15)10(17)12(19,20)11(18)9(6)16/h1-2H,3H2. The van der Waals surface area contributed by atoms with Crippen molar-refractivity contribution in [1.82, 2.24) is 0 Å². The van der Waals surface area contributed by atoms with Crippen LogP contribution in [-0.2, 0) is 0 Å². The molecule has 108 valence electrons. The lowest BCUT2D eigenvalue weighted by molar-refractivity contribution is 0.0242. The van der Waals surface area contributed by atoms with Crippen molar-refractivity contribution >= 4 is 0 Å². The number of allylic oxidation sites excluding steroid dienone is 10. The summed E-state index contributed by atoms with van der Waals surface area (Å²) in [6.45, 7) is 0. The summed E-state index contributed by atoms with van der Waals surface area (Å²) in [7, 11) is 0. The van der Waals surface area contributed by atoms with Crippen molar-refractivity contribution in [3.63, 3.8) is 0 Å². The molecule has 8 heteroatoms. The Morgan fingerprint density at radius 2 is 1.30 bits per heavy atom. The van der Waals surface area contributed by atoms with E-state index in [2.05, 4.69) is 0 Å². The summed E-state index contributed by atoms with van der Waals surface area (Å²) in [6, 6.07) is 0. The summed E-state index contributed by atoms with van der Waals surface area (Å²) in [5, 5.41) is 0. The topological polar surface area (TPSA) is 0 Å². The van der Waals surface area contributed by atoms with Crippen molar-refractivity contribution in [3.05, 3.63) is 58.3 Å². The van der Waals surface area contributed by atoms with Gasteiger partial charge in [0, 0.05) is 12.0 Å². The summed E-state index contributed by atoms with van der Waals surface area (Å²) >= 11 is 0. The molecule has 0 aromatic heterocycles. The second kappa shape index (κ2) is 4.60. The minimum atomic E-state index is -5.12. The van der Waals surface area contributed by atoms with E-state index in [9.17, 15) is 35.1 Å². The molecule has 0 spiro atoms. The van der Waals surface area contributed by atoms with E-state index in [0.717, 1.165) is 6.08 Å². The molecular weight excluding hydrogens is 296 g/mol. The summed E-state index contributed by atoms with van der Waals surface area (Å²) in [4.78, 5) is 0. The Morgan fingerprint density at radius 1 is 0.800 bits per heavy atom. The zero-order valence-corrected chi connectivity index (χ0v) is 9.39. The lowest BCUT2D eigenvalue weighted by Crippen LogP contribution is -2.25. The van der Waals surface area contributed by atoms with Gasteiger partial charge < -0.3 is 0 Å². The first-order valence-electron chi connectivity index (χ1n) is 5.15. The van der Waals surface area contributed by atoms with Crippen LogP contribution in [0.25, 0.3) is 0 Å². The Bertz CT molecular complexity index is 600. The van der Waals surface area contributed by atoms with Crippen molar-refractivity contribution in [2.75, 3.05) is 0 Å². The molecule has 0 aromatic carbocycles. The highest BCUT2D eigenvalue weighted by Crippen LogP contribution is 2.49. The molecule has 0 saturated heterocycles. The largest absolute Gasteiger partial charge is 0.355 e. The highest BCUT2D eigenvalue weighted by Gasteiger charge is 2.51. The van der Waals surface area contributed by atoms with Gasteiger partial charge in [0.05, 0.1) is 5.57 Å². The molecule has 0 bridgehead atoms. The third-order valence-corrected chi connectivity index (χ3v) is 2.70. The number of hydrogen-bond donors (Lipinski definition) is 0. The van der Waals surface area contributed by atoms with Gasteiger partial charge in [-0.3, -0.25) is 0 Å². The van der Waals surface area contributed by atoms with Gasteiger partial charge in [0.1, 0.15) is 5.83 Å². The quantitative estimate of drug-likeness (QED) is 0.529. The van der Waals surface area contributed by atoms with Gasteiger partial charge in [-0.2, -0.15) is 8.78 Å². The molecule has 0 aromatic rings. The molecular formula is C12H4F8. The van der Waals surface area contributed by atoms with Crippen LogP contribution in [0.2, 0.25) is 0 Å². The second-order valence-corrected chi connectivity index (χ2v) is 3.94. The van der Waals surface area contributed by atoms with Crippen LogP contribution in [-0.4, -0.2) is 5.92 Å². The van der Waals surface area contributed by atoms with Gasteiger partial charge in [0.15, 0.2) is 17.5 Å². The molecule has 0 unspecified atom stereocenters. The molecule has 0 saturated carbocycles. The van der Waals surface area contributed by atoms with Crippen molar-refractivity contribution in [1.29, 1.82) is 0 Å². The molecule has 20 heavy (non-hydrogen) atoms. The maximum atomic E-state index is 13.4. The van der Waals surface area contributed by atoms with E-state index in [-0.39, 0.29) is 0 Å². The molecule has 0 aliphatic heterocycles. The summed E-state index contributed by atoms with van der Waals surface area (Å²) in [6.07, 6.45) is 1.04. The molecule has 0 amide bonds.